The van der Waals surface area contributed by atoms with Gasteiger partial charge in [0.2, 0.25) is 0 Å². The average molecular weight is 359 g/mol. The van der Waals surface area contributed by atoms with Crippen LogP contribution in [-0.2, 0) is 11.3 Å². The minimum Gasteiger partial charge on any atom is -0.396 e. The molecule has 1 aromatic rings. The van der Waals surface area contributed by atoms with E-state index in [1.54, 1.807) is 12.1 Å². The zero-order chi connectivity index (χ0) is 18.8. The minimum atomic E-state index is -0.314. The number of hydrogen-bond donors (Lipinski definition) is 2. The van der Waals surface area contributed by atoms with E-state index >= 15 is 0 Å². The minimum absolute atomic E-state index is 0.0529. The highest BCUT2D eigenvalue weighted by Gasteiger charge is 2.32. The van der Waals surface area contributed by atoms with Crippen molar-refractivity contribution in [2.45, 2.75) is 25.8 Å². The van der Waals surface area contributed by atoms with Crippen LogP contribution in [0.15, 0.2) is 28.4 Å². The molecule has 0 radical (unpaired) electrons. The van der Waals surface area contributed by atoms with Crippen LogP contribution in [0.2, 0.25) is 0 Å². The summed E-state index contributed by atoms with van der Waals surface area (Å²) >= 11 is 0. The molecule has 0 aromatic heterocycles. The summed E-state index contributed by atoms with van der Waals surface area (Å²) in [6.45, 7) is 1.75. The molecule has 1 saturated heterocycles. The fourth-order valence-electron chi connectivity index (χ4n) is 3.05. The van der Waals surface area contributed by atoms with Gasteiger partial charge in [-0.25, -0.2) is 0 Å². The van der Waals surface area contributed by atoms with Crippen molar-refractivity contribution < 1.29 is 14.6 Å². The Hall–Kier alpha value is -2.77. The Balaban J connectivity index is 2.15. The van der Waals surface area contributed by atoms with Crippen molar-refractivity contribution in [1.82, 2.24) is 5.32 Å². The van der Waals surface area contributed by atoms with Crippen LogP contribution >= 0.6 is 0 Å². The predicted molar refractivity (Wildman–Crippen MR) is 94.6 cm³/mol. The first-order chi connectivity index (χ1) is 12.6. The van der Waals surface area contributed by atoms with Gasteiger partial charge in [-0.2, -0.15) is 0 Å². The number of nitrogens with zero attached hydrogens (tertiary/aromatic N) is 6. The Bertz CT molecular complexity index is 728. The van der Waals surface area contributed by atoms with Crippen LogP contribution in [0.4, 0.5) is 5.69 Å². The number of carbonyl (C=O) groups excluding carboxylic acids is 1. The standard InChI is InChI=1S/C16H21N7O3/c17-22-20-10-12-7-13(9-14(8-12)21-23-18)15(25)19-11-16(1-4-24)2-5-26-6-3-16/h7-9,24H,1-6,10-11H2,(H,19,25). The van der Waals surface area contributed by atoms with Gasteiger partial charge in [0, 0.05) is 47.4 Å². The summed E-state index contributed by atoms with van der Waals surface area (Å²) in [5.41, 5.74) is 18.1. The molecule has 1 amide bonds. The van der Waals surface area contributed by atoms with E-state index in [0.29, 0.717) is 37.3 Å². The number of aliphatic hydroxyl groups is 1. The molecule has 1 heterocycles. The summed E-state index contributed by atoms with van der Waals surface area (Å²) < 4.78 is 5.38. The van der Waals surface area contributed by atoms with Crippen molar-refractivity contribution in [3.8, 4) is 0 Å². The summed E-state index contributed by atoms with van der Waals surface area (Å²) in [6, 6.07) is 4.65. The van der Waals surface area contributed by atoms with Crippen LogP contribution in [0.1, 0.15) is 35.2 Å². The second kappa shape index (κ2) is 9.65. The maximum Gasteiger partial charge on any atom is 0.251 e. The van der Waals surface area contributed by atoms with E-state index in [0.717, 1.165) is 12.8 Å². The molecule has 0 atom stereocenters. The van der Waals surface area contributed by atoms with Crippen molar-refractivity contribution in [2.24, 2.45) is 15.6 Å². The molecule has 138 valence electrons. The lowest BCUT2D eigenvalue weighted by molar-refractivity contribution is 0.00283. The molecule has 10 heteroatoms. The molecule has 2 rings (SSSR count). The lowest BCUT2D eigenvalue weighted by Crippen LogP contribution is -2.42. The van der Waals surface area contributed by atoms with E-state index in [4.69, 9.17) is 15.8 Å². The summed E-state index contributed by atoms with van der Waals surface area (Å²) in [6.07, 6.45) is 2.14. The third-order valence-corrected chi connectivity index (χ3v) is 4.54. The van der Waals surface area contributed by atoms with Gasteiger partial charge < -0.3 is 15.2 Å². The highest BCUT2D eigenvalue weighted by atomic mass is 16.5. The molecule has 1 fully saturated rings. The van der Waals surface area contributed by atoms with Gasteiger partial charge in [-0.3, -0.25) is 4.79 Å². The van der Waals surface area contributed by atoms with Crippen molar-refractivity contribution in [1.29, 1.82) is 0 Å². The smallest absolute Gasteiger partial charge is 0.251 e. The average Bonchev–Trinajstić information content (AvgIpc) is 2.65. The van der Waals surface area contributed by atoms with E-state index in [9.17, 15) is 9.90 Å². The fraction of sp³-hybridized carbons (Fsp3) is 0.562. The van der Waals surface area contributed by atoms with Gasteiger partial charge in [0.1, 0.15) is 0 Å². The maximum absolute atomic E-state index is 12.6. The molecule has 2 N–H and O–H groups in total. The molecule has 1 aliphatic heterocycles. The van der Waals surface area contributed by atoms with Crippen LogP contribution < -0.4 is 5.32 Å². The molecular weight excluding hydrogens is 338 g/mol. The molecule has 0 bridgehead atoms. The zero-order valence-corrected chi connectivity index (χ0v) is 14.3. The van der Waals surface area contributed by atoms with Crippen LogP contribution in [0, 0.1) is 5.41 Å². The Morgan fingerprint density at radius 2 is 2.04 bits per heavy atom. The summed E-state index contributed by atoms with van der Waals surface area (Å²) in [5, 5.41) is 19.2. The molecular formula is C16H21N7O3. The Morgan fingerprint density at radius 1 is 1.27 bits per heavy atom. The van der Waals surface area contributed by atoms with Crippen molar-refractivity contribution in [2.75, 3.05) is 26.4 Å². The topological polar surface area (TPSA) is 156 Å². The summed E-state index contributed by atoms with van der Waals surface area (Å²) in [4.78, 5) is 18.0. The van der Waals surface area contributed by atoms with Gasteiger partial charge in [-0.05, 0) is 59.5 Å². The number of aliphatic hydroxyl groups excluding tert-OH is 1. The predicted octanol–water partition coefficient (Wildman–Crippen LogP) is 3.35. The number of azide groups is 2. The number of rotatable bonds is 8. The summed E-state index contributed by atoms with van der Waals surface area (Å²) in [5.74, 6) is -0.314. The van der Waals surface area contributed by atoms with Crippen molar-refractivity contribution in [3.63, 3.8) is 0 Å². The van der Waals surface area contributed by atoms with E-state index in [2.05, 4.69) is 25.4 Å². The molecule has 0 saturated carbocycles. The highest BCUT2D eigenvalue weighted by Crippen LogP contribution is 2.33. The molecule has 10 nitrogen and oxygen atoms in total. The molecule has 26 heavy (non-hydrogen) atoms. The number of amides is 1. The first-order valence-electron chi connectivity index (χ1n) is 8.29. The quantitative estimate of drug-likeness (QED) is 0.415. The van der Waals surface area contributed by atoms with Crippen molar-refractivity contribution >= 4 is 11.6 Å². The normalized spacial score (nSPS) is 15.4. The second-order valence-corrected chi connectivity index (χ2v) is 6.24. The monoisotopic (exact) mass is 359 g/mol. The van der Waals surface area contributed by atoms with Crippen LogP contribution in [0.3, 0.4) is 0 Å². The summed E-state index contributed by atoms with van der Waals surface area (Å²) in [7, 11) is 0. The largest absolute Gasteiger partial charge is 0.396 e. The second-order valence-electron chi connectivity index (χ2n) is 6.24. The third-order valence-electron chi connectivity index (χ3n) is 4.54. The fourth-order valence-corrected chi connectivity index (χ4v) is 3.05. The van der Waals surface area contributed by atoms with Crippen LogP contribution in [0.5, 0.6) is 0 Å². The zero-order valence-electron chi connectivity index (χ0n) is 14.3. The first-order valence-corrected chi connectivity index (χ1v) is 8.29. The van der Waals surface area contributed by atoms with E-state index in [1.165, 1.54) is 6.07 Å². The maximum atomic E-state index is 12.6. The number of nitrogens with one attached hydrogen (secondary N) is 1. The Labute approximate surface area is 150 Å². The molecule has 1 aliphatic rings. The van der Waals surface area contributed by atoms with E-state index in [1.807, 2.05) is 0 Å². The lowest BCUT2D eigenvalue weighted by Gasteiger charge is -2.37. The lowest BCUT2D eigenvalue weighted by atomic mass is 9.77. The van der Waals surface area contributed by atoms with E-state index in [-0.39, 0.29) is 30.2 Å². The highest BCUT2D eigenvalue weighted by molar-refractivity contribution is 5.95. The third kappa shape index (κ3) is 5.37. The van der Waals surface area contributed by atoms with Crippen LogP contribution in [0.25, 0.3) is 20.9 Å². The first kappa shape index (κ1) is 19.6. The number of hydrogen-bond acceptors (Lipinski definition) is 5. The van der Waals surface area contributed by atoms with Gasteiger partial charge in [-0.15, -0.1) is 0 Å². The SMILES string of the molecule is [N-]=[N+]=NCc1cc(N=[N+]=[N-])cc(C(=O)NCC2(CCO)CCOCC2)c1. The number of carbonyl (C=O) groups is 1. The van der Waals surface area contributed by atoms with Gasteiger partial charge in [0.25, 0.3) is 5.91 Å². The molecule has 1 aromatic carbocycles. The van der Waals surface area contributed by atoms with Gasteiger partial charge in [0.15, 0.2) is 0 Å². The number of ether oxygens (including phenoxy) is 1. The van der Waals surface area contributed by atoms with Crippen LogP contribution in [-0.4, -0.2) is 37.4 Å². The van der Waals surface area contributed by atoms with Crippen molar-refractivity contribution in [3.05, 3.63) is 50.2 Å². The van der Waals surface area contributed by atoms with Gasteiger partial charge in [0.05, 0.1) is 6.54 Å². The Kier molecular flexibility index (Phi) is 7.25. The Morgan fingerprint density at radius 3 is 2.69 bits per heavy atom. The molecule has 0 unspecified atom stereocenters. The number of benzene rings is 1. The van der Waals surface area contributed by atoms with Gasteiger partial charge in [-0.1, -0.05) is 10.2 Å². The molecule has 0 aliphatic carbocycles. The van der Waals surface area contributed by atoms with E-state index < -0.39 is 0 Å². The van der Waals surface area contributed by atoms with Gasteiger partial charge >= 0.3 is 0 Å². The molecule has 0 spiro atoms.